The van der Waals surface area contributed by atoms with Crippen molar-refractivity contribution in [3.63, 3.8) is 0 Å². The summed E-state index contributed by atoms with van der Waals surface area (Å²) in [7, 11) is 0. The van der Waals surface area contributed by atoms with Gasteiger partial charge in [0.15, 0.2) is 11.6 Å². The molecule has 0 spiro atoms. The van der Waals surface area contributed by atoms with Crippen LogP contribution >= 0.6 is 34.0 Å². The van der Waals surface area contributed by atoms with E-state index in [1.54, 1.807) is 11.3 Å². The second-order valence-corrected chi connectivity index (χ2v) is 18.2. The van der Waals surface area contributed by atoms with Crippen molar-refractivity contribution in [1.29, 1.82) is 0 Å². The first kappa shape index (κ1) is 33.8. The second-order valence-electron chi connectivity index (χ2n) is 15.0. The van der Waals surface area contributed by atoms with Crippen molar-refractivity contribution in [2.75, 3.05) is 0 Å². The lowest BCUT2D eigenvalue weighted by Gasteiger charge is -2.11. The van der Waals surface area contributed by atoms with E-state index in [1.807, 2.05) is 28.7 Å². The van der Waals surface area contributed by atoms with Crippen molar-refractivity contribution in [2.45, 2.75) is 0 Å². The molecule has 13 rings (SSSR count). The molecule has 0 aliphatic carbocycles. The molecule has 0 saturated heterocycles. The second kappa shape index (κ2) is 13.2. The summed E-state index contributed by atoms with van der Waals surface area (Å²) < 4.78 is 8.43. The van der Waals surface area contributed by atoms with Crippen molar-refractivity contribution < 1.29 is 0 Å². The van der Waals surface area contributed by atoms with E-state index in [9.17, 15) is 0 Å². The van der Waals surface area contributed by atoms with Crippen LogP contribution in [0.2, 0.25) is 0 Å². The lowest BCUT2D eigenvalue weighted by Crippen LogP contribution is -2.06. The molecule has 0 radical (unpaired) electrons. The highest BCUT2D eigenvalue weighted by atomic mass is 32.1. The standard InChI is InChI=1S/C52H29N5S3/c1-5-13-42-35(9-1)38-27-32(30-17-19-31(20-18-30)51-53-41-12-4-8-16-48(41)60-51)21-24-43(38)57(42)52-55-49(33-22-25-46-39(28-33)36-10-2-6-14-44(36)58-46)54-50(56-52)34-23-26-47-40(29-34)37-11-3-7-15-45(37)59-47/h1-29H. The van der Waals surface area contributed by atoms with Crippen LogP contribution in [0.1, 0.15) is 0 Å². The Kier molecular flexibility index (Phi) is 7.45. The Hall–Kier alpha value is -7.10. The van der Waals surface area contributed by atoms with Crippen LogP contribution in [-0.4, -0.2) is 24.5 Å². The van der Waals surface area contributed by atoms with E-state index in [-0.39, 0.29) is 0 Å². The highest BCUT2D eigenvalue weighted by Gasteiger charge is 2.20. The van der Waals surface area contributed by atoms with Gasteiger partial charge in [0.2, 0.25) is 5.95 Å². The molecule has 8 heteroatoms. The zero-order valence-corrected chi connectivity index (χ0v) is 34.2. The molecular weight excluding hydrogens is 791 g/mol. The van der Waals surface area contributed by atoms with Crippen molar-refractivity contribution >= 4 is 106 Å². The minimum absolute atomic E-state index is 0.583. The average molecular weight is 820 g/mol. The third-order valence-electron chi connectivity index (χ3n) is 11.5. The first-order valence-corrected chi connectivity index (χ1v) is 22.2. The predicted molar refractivity (Wildman–Crippen MR) is 255 cm³/mol. The summed E-state index contributed by atoms with van der Waals surface area (Å²) >= 11 is 5.35. The Morgan fingerprint density at radius 3 is 1.48 bits per heavy atom. The summed E-state index contributed by atoms with van der Waals surface area (Å²) in [6.07, 6.45) is 0. The highest BCUT2D eigenvalue weighted by molar-refractivity contribution is 7.26. The quantitative estimate of drug-likeness (QED) is 0.174. The van der Waals surface area contributed by atoms with Crippen LogP contribution in [0, 0.1) is 0 Å². The molecule has 60 heavy (non-hydrogen) atoms. The number of aromatic nitrogens is 5. The summed E-state index contributed by atoms with van der Waals surface area (Å²) in [5.41, 5.74) is 8.43. The number of fused-ring (bicyclic) bond motifs is 10. The number of para-hydroxylation sites is 2. The van der Waals surface area contributed by atoms with Gasteiger partial charge in [-0.2, -0.15) is 9.97 Å². The van der Waals surface area contributed by atoms with Gasteiger partial charge >= 0.3 is 0 Å². The van der Waals surface area contributed by atoms with Crippen LogP contribution in [-0.2, 0) is 0 Å². The summed E-state index contributed by atoms with van der Waals surface area (Å²) in [4.78, 5) is 20.8. The summed E-state index contributed by atoms with van der Waals surface area (Å²) in [6.45, 7) is 0. The molecule has 5 nitrogen and oxygen atoms in total. The van der Waals surface area contributed by atoms with Gasteiger partial charge in [0.25, 0.3) is 0 Å². The van der Waals surface area contributed by atoms with Gasteiger partial charge < -0.3 is 0 Å². The van der Waals surface area contributed by atoms with Crippen molar-refractivity contribution in [2.24, 2.45) is 0 Å². The maximum atomic E-state index is 5.32. The van der Waals surface area contributed by atoms with Crippen LogP contribution < -0.4 is 0 Å². The molecule has 0 amide bonds. The fourth-order valence-corrected chi connectivity index (χ4v) is 11.8. The zero-order chi connectivity index (χ0) is 39.3. The van der Waals surface area contributed by atoms with Crippen LogP contribution in [0.4, 0.5) is 0 Å². The number of thiophene rings is 2. The fourth-order valence-electron chi connectivity index (χ4n) is 8.62. The molecule has 0 aliphatic rings. The third kappa shape index (κ3) is 5.35. The molecule has 0 saturated carbocycles. The predicted octanol–water partition coefficient (Wildman–Crippen LogP) is 15.0. The minimum Gasteiger partial charge on any atom is -0.278 e. The molecule has 0 fully saturated rings. The van der Waals surface area contributed by atoms with Crippen LogP contribution in [0.5, 0.6) is 0 Å². The van der Waals surface area contributed by atoms with E-state index in [0.717, 1.165) is 60.1 Å². The maximum absolute atomic E-state index is 5.32. The van der Waals surface area contributed by atoms with Gasteiger partial charge in [0, 0.05) is 67.8 Å². The number of benzene rings is 8. The van der Waals surface area contributed by atoms with Crippen molar-refractivity contribution in [3.8, 4) is 50.4 Å². The topological polar surface area (TPSA) is 56.5 Å². The molecule has 0 bridgehead atoms. The van der Waals surface area contributed by atoms with Crippen molar-refractivity contribution in [1.82, 2.24) is 24.5 Å². The van der Waals surface area contributed by atoms with E-state index >= 15 is 0 Å². The van der Waals surface area contributed by atoms with Gasteiger partial charge in [-0.3, -0.25) is 4.57 Å². The molecule has 0 atom stereocenters. The third-order valence-corrected chi connectivity index (χ3v) is 14.9. The molecule has 13 aromatic rings. The van der Waals surface area contributed by atoms with E-state index in [0.29, 0.717) is 17.6 Å². The fraction of sp³-hybridized carbons (Fsp3) is 0. The lowest BCUT2D eigenvalue weighted by atomic mass is 10.0. The van der Waals surface area contributed by atoms with Gasteiger partial charge in [0.1, 0.15) is 5.01 Å². The molecule has 280 valence electrons. The molecule has 5 aromatic heterocycles. The number of hydrogen-bond donors (Lipinski definition) is 0. The summed E-state index contributed by atoms with van der Waals surface area (Å²) in [5.74, 6) is 1.86. The SMILES string of the molecule is c1ccc2sc(-c3ccc(-c4ccc5c(c4)c4ccccc4n5-c4nc(-c5ccc6sc7ccccc7c6c5)nc(-c5ccc6sc7ccccc7c6c5)n4)cc3)nc2c1. The Bertz CT molecular complexity index is 3690. The maximum Gasteiger partial charge on any atom is 0.238 e. The first-order valence-electron chi connectivity index (χ1n) is 19.8. The van der Waals surface area contributed by atoms with Gasteiger partial charge in [-0.15, -0.1) is 34.0 Å². The lowest BCUT2D eigenvalue weighted by molar-refractivity contribution is 0.954. The highest BCUT2D eigenvalue weighted by Crippen LogP contribution is 2.40. The Morgan fingerprint density at radius 2 is 0.817 bits per heavy atom. The molecule has 5 heterocycles. The van der Waals surface area contributed by atoms with E-state index in [4.69, 9.17) is 19.9 Å². The van der Waals surface area contributed by atoms with Crippen LogP contribution in [0.25, 0.3) is 123 Å². The van der Waals surface area contributed by atoms with E-state index in [1.165, 1.54) is 45.0 Å². The number of rotatable bonds is 5. The monoisotopic (exact) mass is 819 g/mol. The smallest absolute Gasteiger partial charge is 0.238 e. The van der Waals surface area contributed by atoms with Gasteiger partial charge in [0.05, 0.1) is 21.3 Å². The van der Waals surface area contributed by atoms with Crippen LogP contribution in [0.3, 0.4) is 0 Å². The summed E-state index contributed by atoms with van der Waals surface area (Å²) in [6, 6.07) is 62.8. The Morgan fingerprint density at radius 1 is 0.317 bits per heavy atom. The average Bonchev–Trinajstić information content (AvgIpc) is 4.09. The molecule has 0 N–H and O–H groups in total. The Balaban J connectivity index is 0.987. The number of hydrogen-bond acceptors (Lipinski definition) is 7. The Labute approximate surface area is 355 Å². The number of thiazole rings is 1. The molecule has 0 aliphatic heterocycles. The van der Waals surface area contributed by atoms with Gasteiger partial charge in [-0.05, 0) is 90.0 Å². The largest absolute Gasteiger partial charge is 0.278 e. The first-order chi connectivity index (χ1) is 29.7. The van der Waals surface area contributed by atoms with E-state index < -0.39 is 0 Å². The van der Waals surface area contributed by atoms with Gasteiger partial charge in [-0.1, -0.05) is 97.1 Å². The molecule has 8 aromatic carbocycles. The van der Waals surface area contributed by atoms with E-state index in [2.05, 4.69) is 174 Å². The van der Waals surface area contributed by atoms with Crippen molar-refractivity contribution in [3.05, 3.63) is 176 Å². The minimum atomic E-state index is 0.583. The summed E-state index contributed by atoms with van der Waals surface area (Å²) in [5, 5.41) is 8.21. The molecular formula is C52H29N5S3. The normalized spacial score (nSPS) is 12.0. The number of nitrogens with zero attached hydrogens (tertiary/aromatic N) is 5. The molecule has 0 unspecified atom stereocenters. The van der Waals surface area contributed by atoms with Crippen LogP contribution in [0.15, 0.2) is 176 Å². The zero-order valence-electron chi connectivity index (χ0n) is 31.7. The van der Waals surface area contributed by atoms with Gasteiger partial charge in [-0.25, -0.2) is 9.97 Å².